The molecule has 0 aliphatic heterocycles. The van der Waals surface area contributed by atoms with Crippen LogP contribution in [0.15, 0.2) is 31.0 Å². The van der Waals surface area contributed by atoms with Gasteiger partial charge in [0.1, 0.15) is 5.52 Å². The van der Waals surface area contributed by atoms with Crippen LogP contribution in [0.1, 0.15) is 0 Å². The smallest absolute Gasteiger partial charge is 0.289 e. The van der Waals surface area contributed by atoms with Gasteiger partial charge in [-0.15, -0.1) is 0 Å². The topological polar surface area (TPSA) is 52.7 Å². The van der Waals surface area contributed by atoms with Crippen LogP contribution in [0.4, 0.5) is 0 Å². The number of hydrogen-bond donors (Lipinski definition) is 0. The molecule has 11 heavy (non-hydrogen) atoms. The highest BCUT2D eigenvalue weighted by Gasteiger charge is 1.98. The van der Waals surface area contributed by atoms with Crippen LogP contribution in [0, 0.1) is 5.21 Å². The van der Waals surface area contributed by atoms with E-state index in [1.165, 1.54) is 6.33 Å². The molecule has 0 amide bonds. The molecule has 0 saturated carbocycles. The highest BCUT2D eigenvalue weighted by atomic mass is 16.5. The van der Waals surface area contributed by atoms with Crippen LogP contribution in [-0.4, -0.2) is 9.97 Å². The molecule has 0 N–H and O–H groups in total. The summed E-state index contributed by atoms with van der Waals surface area (Å²) < 4.78 is 0.719. The highest BCUT2D eigenvalue weighted by Crippen LogP contribution is 2.02. The molecule has 0 bridgehead atoms. The summed E-state index contributed by atoms with van der Waals surface area (Å²) >= 11 is 0. The predicted molar refractivity (Wildman–Crippen MR) is 38.5 cm³/mol. The van der Waals surface area contributed by atoms with Gasteiger partial charge < -0.3 is 5.21 Å². The van der Waals surface area contributed by atoms with Crippen molar-refractivity contribution in [1.82, 2.24) is 9.97 Å². The molecule has 2 rings (SSSR count). The predicted octanol–water partition coefficient (Wildman–Crippen LogP) is 0.263. The van der Waals surface area contributed by atoms with Crippen molar-refractivity contribution in [1.29, 1.82) is 0 Å². The van der Waals surface area contributed by atoms with Gasteiger partial charge in [-0.25, -0.2) is 4.73 Å². The molecule has 0 aliphatic rings. The number of aromatic nitrogens is 3. The monoisotopic (exact) mass is 147 g/mol. The van der Waals surface area contributed by atoms with Crippen molar-refractivity contribution in [2.45, 2.75) is 0 Å². The number of hydrogen-bond acceptors (Lipinski definition) is 3. The second-order valence-corrected chi connectivity index (χ2v) is 2.15. The molecular formula is C7H5N3O. The van der Waals surface area contributed by atoms with Crippen molar-refractivity contribution in [2.75, 3.05) is 0 Å². The zero-order valence-corrected chi connectivity index (χ0v) is 5.64. The zero-order chi connectivity index (χ0) is 7.68. The molecule has 0 aromatic carbocycles. The highest BCUT2D eigenvalue weighted by molar-refractivity contribution is 5.72. The van der Waals surface area contributed by atoms with E-state index in [0.717, 1.165) is 10.1 Å². The molecule has 4 heteroatoms. The van der Waals surface area contributed by atoms with E-state index in [-0.39, 0.29) is 0 Å². The Kier molecular flexibility index (Phi) is 1.18. The van der Waals surface area contributed by atoms with Crippen molar-refractivity contribution in [2.24, 2.45) is 0 Å². The summed E-state index contributed by atoms with van der Waals surface area (Å²) in [5.41, 5.74) is 0.593. The maximum Gasteiger partial charge on any atom is 0.289 e. The summed E-state index contributed by atoms with van der Waals surface area (Å²) in [5.74, 6) is 0. The van der Waals surface area contributed by atoms with Gasteiger partial charge >= 0.3 is 0 Å². The van der Waals surface area contributed by atoms with Gasteiger partial charge in [-0.3, -0.25) is 4.98 Å². The van der Waals surface area contributed by atoms with Gasteiger partial charge in [0.05, 0.1) is 5.39 Å². The summed E-state index contributed by atoms with van der Waals surface area (Å²) in [6.07, 6.45) is 6.02. The van der Waals surface area contributed by atoms with Gasteiger partial charge in [0.2, 0.25) is 0 Å². The molecule has 0 atom stereocenters. The number of pyridine rings is 1. The Morgan fingerprint density at radius 1 is 1.27 bits per heavy atom. The lowest BCUT2D eigenvalue weighted by Crippen LogP contribution is -2.26. The summed E-state index contributed by atoms with van der Waals surface area (Å²) in [4.78, 5) is 7.58. The van der Waals surface area contributed by atoms with Crippen molar-refractivity contribution in [3.63, 3.8) is 0 Å². The Morgan fingerprint density at radius 3 is 2.91 bits per heavy atom. The first-order valence-corrected chi connectivity index (χ1v) is 3.15. The Balaban J connectivity index is 2.91. The number of nitrogens with zero attached hydrogens (tertiary/aromatic N) is 3. The minimum Gasteiger partial charge on any atom is -0.710 e. The Labute approximate surface area is 62.7 Å². The van der Waals surface area contributed by atoms with E-state index < -0.39 is 0 Å². The van der Waals surface area contributed by atoms with Gasteiger partial charge in [-0.2, -0.15) is 0 Å². The van der Waals surface area contributed by atoms with Gasteiger partial charge in [0, 0.05) is 18.5 Å². The fourth-order valence-corrected chi connectivity index (χ4v) is 0.936. The first kappa shape index (κ1) is 6.03. The zero-order valence-electron chi connectivity index (χ0n) is 5.64. The lowest BCUT2D eigenvalue weighted by atomic mass is 10.3. The van der Waals surface area contributed by atoms with Crippen LogP contribution >= 0.6 is 0 Å². The molecule has 0 saturated heterocycles. The summed E-state index contributed by atoms with van der Waals surface area (Å²) in [6, 6.07) is 1.66. The molecule has 2 heterocycles. The van der Waals surface area contributed by atoms with Gasteiger partial charge in [0.25, 0.3) is 6.33 Å². The fraction of sp³-hybridized carbons (Fsp3) is 0. The van der Waals surface area contributed by atoms with Gasteiger partial charge in [-0.05, 0) is 0 Å². The van der Waals surface area contributed by atoms with Crippen LogP contribution in [0.3, 0.4) is 0 Å². The van der Waals surface area contributed by atoms with Gasteiger partial charge in [-0.1, -0.05) is 4.98 Å². The Bertz CT molecular complexity index is 383. The molecular weight excluding hydrogens is 142 g/mol. The largest absolute Gasteiger partial charge is 0.710 e. The second kappa shape index (κ2) is 2.16. The summed E-state index contributed by atoms with van der Waals surface area (Å²) in [5, 5.41) is 11.8. The second-order valence-electron chi connectivity index (χ2n) is 2.15. The average molecular weight is 147 g/mol. The molecule has 0 fully saturated rings. The third-order valence-electron chi connectivity index (χ3n) is 1.45. The third-order valence-corrected chi connectivity index (χ3v) is 1.45. The van der Waals surface area contributed by atoms with E-state index in [4.69, 9.17) is 0 Å². The fourth-order valence-electron chi connectivity index (χ4n) is 0.936. The first-order valence-electron chi connectivity index (χ1n) is 3.15. The molecule has 54 valence electrons. The standard InChI is InChI=1S/C7H5N3O/c11-10-5-9-4-6-3-8-2-1-7(6)10/h1-5H. The maximum atomic E-state index is 11.0. The lowest BCUT2D eigenvalue weighted by Gasteiger charge is -2.01. The van der Waals surface area contributed by atoms with Crippen molar-refractivity contribution in [3.05, 3.63) is 36.2 Å². The van der Waals surface area contributed by atoms with Crippen molar-refractivity contribution in [3.8, 4) is 0 Å². The summed E-state index contributed by atoms with van der Waals surface area (Å²) in [7, 11) is 0. The molecule has 0 aliphatic carbocycles. The molecule has 2 aromatic rings. The average Bonchev–Trinajstić information content (AvgIpc) is 2.06. The van der Waals surface area contributed by atoms with E-state index in [2.05, 4.69) is 9.97 Å². The van der Waals surface area contributed by atoms with Gasteiger partial charge in [0.15, 0.2) is 6.20 Å². The first-order chi connectivity index (χ1) is 5.38. The number of fused-ring (bicyclic) bond motifs is 1. The van der Waals surface area contributed by atoms with Crippen LogP contribution < -0.4 is 4.73 Å². The third kappa shape index (κ3) is 0.881. The van der Waals surface area contributed by atoms with E-state index in [1.807, 2.05) is 0 Å². The summed E-state index contributed by atoms with van der Waals surface area (Å²) in [6.45, 7) is 0. The van der Waals surface area contributed by atoms with E-state index in [9.17, 15) is 5.21 Å². The Morgan fingerprint density at radius 2 is 2.09 bits per heavy atom. The van der Waals surface area contributed by atoms with Crippen LogP contribution in [0.5, 0.6) is 0 Å². The molecule has 0 spiro atoms. The Hall–Kier alpha value is -1.71. The number of rotatable bonds is 0. The maximum absolute atomic E-state index is 11.0. The SMILES string of the molecule is [O-][n+]1cncc2cnccc21. The minimum atomic E-state index is 0.593. The molecule has 0 radical (unpaired) electrons. The van der Waals surface area contributed by atoms with Crippen molar-refractivity contribution < 1.29 is 4.73 Å². The quantitative estimate of drug-likeness (QED) is 0.397. The van der Waals surface area contributed by atoms with Crippen LogP contribution in [0.2, 0.25) is 0 Å². The van der Waals surface area contributed by atoms with E-state index in [1.54, 1.807) is 24.7 Å². The van der Waals surface area contributed by atoms with Crippen molar-refractivity contribution >= 4 is 10.9 Å². The molecule has 4 nitrogen and oxygen atoms in total. The molecule has 2 aromatic heterocycles. The van der Waals surface area contributed by atoms with E-state index >= 15 is 0 Å². The minimum absolute atomic E-state index is 0.593. The lowest BCUT2D eigenvalue weighted by molar-refractivity contribution is -0.580. The van der Waals surface area contributed by atoms with Crippen LogP contribution in [-0.2, 0) is 0 Å². The molecule has 0 unspecified atom stereocenters. The normalized spacial score (nSPS) is 10.2. The van der Waals surface area contributed by atoms with E-state index in [0.29, 0.717) is 5.52 Å². The van der Waals surface area contributed by atoms with Crippen LogP contribution in [0.25, 0.3) is 10.9 Å².